The number of benzene rings is 1. The maximum absolute atomic E-state index is 4.71. The van der Waals surface area contributed by atoms with E-state index in [0.717, 1.165) is 67.0 Å². The van der Waals surface area contributed by atoms with Crippen LogP contribution in [0.2, 0.25) is 0 Å². The number of H-pyrrole nitrogens is 2. The normalized spacial score (nSPS) is 11.7. The number of fused-ring (bicyclic) bond motifs is 2. The highest BCUT2D eigenvalue weighted by Crippen LogP contribution is 2.37. The number of nitrogens with zero attached hydrogens (tertiary/aromatic N) is 4. The maximum atomic E-state index is 4.71. The number of hydrogen-bond donors (Lipinski definition) is 2. The Hall–Kier alpha value is -4.07. The minimum Gasteiger partial charge on any atom is -0.353 e. The quantitative estimate of drug-likeness (QED) is 0.264. The van der Waals surface area contributed by atoms with Gasteiger partial charge in [-0.25, -0.2) is 0 Å². The van der Waals surface area contributed by atoms with Crippen LogP contribution in [0.3, 0.4) is 0 Å². The van der Waals surface area contributed by atoms with E-state index in [9.17, 15) is 0 Å². The van der Waals surface area contributed by atoms with E-state index in [0.29, 0.717) is 0 Å². The molecule has 0 aliphatic rings. The predicted molar refractivity (Wildman–Crippen MR) is 150 cm³/mol. The first kappa shape index (κ1) is 22.4. The van der Waals surface area contributed by atoms with Crippen LogP contribution >= 0.6 is 11.3 Å². The number of thiophene rings is 1. The van der Waals surface area contributed by atoms with Crippen molar-refractivity contribution in [1.29, 1.82) is 0 Å². The van der Waals surface area contributed by atoms with Gasteiger partial charge in [0.25, 0.3) is 0 Å². The average Bonchev–Trinajstić information content (AvgIpc) is 3.60. The van der Waals surface area contributed by atoms with Gasteiger partial charge in [-0.15, -0.1) is 11.3 Å². The molecule has 7 heteroatoms. The molecule has 0 aliphatic carbocycles. The average molecular weight is 491 g/mol. The fraction of sp³-hybridized carbons (Fsp3) is 0.138. The third-order valence-electron chi connectivity index (χ3n) is 6.25. The molecule has 0 unspecified atom stereocenters. The van der Waals surface area contributed by atoms with Crippen molar-refractivity contribution in [3.63, 3.8) is 0 Å². The smallest absolute Gasteiger partial charge is 0.116 e. The number of hydrogen-bond acceptors (Lipinski definition) is 5. The van der Waals surface area contributed by atoms with Crippen molar-refractivity contribution in [2.24, 2.45) is 0 Å². The van der Waals surface area contributed by atoms with Gasteiger partial charge in [0, 0.05) is 51.9 Å². The van der Waals surface area contributed by atoms with E-state index in [4.69, 9.17) is 4.98 Å². The molecule has 5 aromatic heterocycles. The van der Waals surface area contributed by atoms with E-state index in [1.54, 1.807) is 11.3 Å². The number of rotatable bonds is 6. The summed E-state index contributed by atoms with van der Waals surface area (Å²) >= 11 is 1.72. The van der Waals surface area contributed by atoms with Gasteiger partial charge in [0.05, 0.1) is 21.8 Å². The highest BCUT2D eigenvalue weighted by molar-refractivity contribution is 7.16. The lowest BCUT2D eigenvalue weighted by Crippen LogP contribution is -2.10. The van der Waals surface area contributed by atoms with Crippen LogP contribution in [0.15, 0.2) is 73.7 Å². The highest BCUT2D eigenvalue weighted by atomic mass is 32.1. The Morgan fingerprint density at radius 1 is 0.944 bits per heavy atom. The molecule has 2 N–H and O–H groups in total. The lowest BCUT2D eigenvalue weighted by Gasteiger charge is -2.10. The maximum Gasteiger partial charge on any atom is 0.116 e. The summed E-state index contributed by atoms with van der Waals surface area (Å²) in [5.74, 6) is 0. The summed E-state index contributed by atoms with van der Waals surface area (Å²) in [6, 6.07) is 17.0. The standard InChI is InChI=1S/C29H26N6S/c1-17(2)26-7-8-27(36-26)29-22-13-25(32-23(22)9-10-31-29)28-21-12-19(5-6-24(21)33-34-28)20-11-18(14-30-15-20)16-35(3)4/h5-15,32H,1,16H2,2-4H3,(H,33,34). The molecule has 6 aromatic rings. The molecule has 36 heavy (non-hydrogen) atoms. The largest absolute Gasteiger partial charge is 0.353 e. The topological polar surface area (TPSA) is 73.5 Å². The van der Waals surface area contributed by atoms with Crippen molar-refractivity contribution in [1.82, 2.24) is 30.0 Å². The van der Waals surface area contributed by atoms with E-state index in [2.05, 4.69) is 88.2 Å². The summed E-state index contributed by atoms with van der Waals surface area (Å²) < 4.78 is 0. The van der Waals surface area contributed by atoms with Gasteiger partial charge in [-0.1, -0.05) is 12.6 Å². The van der Waals surface area contributed by atoms with Gasteiger partial charge >= 0.3 is 0 Å². The van der Waals surface area contributed by atoms with Crippen molar-refractivity contribution >= 4 is 38.7 Å². The summed E-state index contributed by atoms with van der Waals surface area (Å²) in [6.45, 7) is 6.96. The van der Waals surface area contributed by atoms with Crippen molar-refractivity contribution in [3.8, 4) is 33.1 Å². The highest BCUT2D eigenvalue weighted by Gasteiger charge is 2.16. The number of nitrogens with one attached hydrogen (secondary N) is 2. The molecule has 5 heterocycles. The number of aromatic nitrogens is 5. The van der Waals surface area contributed by atoms with Gasteiger partial charge in [0.15, 0.2) is 0 Å². The Balaban J connectivity index is 1.43. The van der Waals surface area contributed by atoms with Crippen LogP contribution in [0.5, 0.6) is 0 Å². The van der Waals surface area contributed by atoms with Gasteiger partial charge in [-0.3, -0.25) is 15.1 Å². The second kappa shape index (κ2) is 8.86. The minimum absolute atomic E-state index is 0.851. The second-order valence-corrected chi connectivity index (χ2v) is 10.5. The molecule has 0 saturated carbocycles. The second-order valence-electron chi connectivity index (χ2n) is 9.40. The zero-order valence-corrected chi connectivity index (χ0v) is 21.3. The van der Waals surface area contributed by atoms with Gasteiger partial charge in [0.2, 0.25) is 0 Å². The van der Waals surface area contributed by atoms with Crippen molar-refractivity contribution < 1.29 is 0 Å². The van der Waals surface area contributed by atoms with Crippen molar-refractivity contribution in [2.45, 2.75) is 13.5 Å². The van der Waals surface area contributed by atoms with Crippen LogP contribution < -0.4 is 0 Å². The first-order valence-electron chi connectivity index (χ1n) is 11.8. The summed E-state index contributed by atoms with van der Waals surface area (Å²) in [5.41, 5.74) is 9.30. The number of pyridine rings is 2. The molecule has 0 saturated heterocycles. The first-order chi connectivity index (χ1) is 17.5. The van der Waals surface area contributed by atoms with Gasteiger partial charge in [-0.2, -0.15) is 5.10 Å². The predicted octanol–water partition coefficient (Wildman–Crippen LogP) is 6.99. The van der Waals surface area contributed by atoms with Crippen LogP contribution in [-0.4, -0.2) is 44.1 Å². The molecule has 178 valence electrons. The SMILES string of the molecule is C=C(C)c1ccc(-c2nccc3[nH]c(-c4n[nH]c5ccc(-c6cncc(CN(C)C)c6)cc45)cc23)s1. The fourth-order valence-corrected chi connectivity index (χ4v) is 5.51. The summed E-state index contributed by atoms with van der Waals surface area (Å²) in [5, 5.41) is 10.0. The molecular weight excluding hydrogens is 464 g/mol. The lowest BCUT2D eigenvalue weighted by molar-refractivity contribution is 0.402. The molecule has 0 bridgehead atoms. The van der Waals surface area contributed by atoms with Gasteiger partial charge < -0.3 is 9.88 Å². The molecular formula is C29H26N6S. The van der Waals surface area contributed by atoms with E-state index in [1.165, 1.54) is 10.4 Å². The van der Waals surface area contributed by atoms with Crippen molar-refractivity contribution in [3.05, 3.63) is 84.1 Å². The summed E-state index contributed by atoms with van der Waals surface area (Å²) in [7, 11) is 4.13. The molecule has 6 nitrogen and oxygen atoms in total. The summed E-state index contributed by atoms with van der Waals surface area (Å²) in [4.78, 5) is 17.2. The minimum atomic E-state index is 0.851. The molecule has 0 aliphatic heterocycles. The third-order valence-corrected chi connectivity index (χ3v) is 7.51. The van der Waals surface area contributed by atoms with E-state index in [1.807, 2.05) is 31.6 Å². The first-order valence-corrected chi connectivity index (χ1v) is 12.6. The molecule has 0 radical (unpaired) electrons. The Labute approximate surface area is 213 Å². The molecule has 0 spiro atoms. The third kappa shape index (κ3) is 4.02. The van der Waals surface area contributed by atoms with Crippen LogP contribution in [-0.2, 0) is 6.54 Å². The summed E-state index contributed by atoms with van der Waals surface area (Å²) in [6.07, 6.45) is 5.70. The molecule has 0 atom stereocenters. The zero-order valence-electron chi connectivity index (χ0n) is 20.5. The van der Waals surface area contributed by atoms with Crippen LogP contribution in [0, 0.1) is 0 Å². The molecule has 0 amide bonds. The van der Waals surface area contributed by atoms with Gasteiger partial charge in [0.1, 0.15) is 5.69 Å². The Kier molecular flexibility index (Phi) is 5.51. The van der Waals surface area contributed by atoms with Crippen LogP contribution in [0.4, 0.5) is 0 Å². The van der Waals surface area contributed by atoms with E-state index < -0.39 is 0 Å². The zero-order chi connectivity index (χ0) is 24.8. The Morgan fingerprint density at radius 2 is 1.81 bits per heavy atom. The molecule has 6 rings (SSSR count). The Morgan fingerprint density at radius 3 is 2.61 bits per heavy atom. The molecule has 1 aromatic carbocycles. The van der Waals surface area contributed by atoms with Crippen LogP contribution in [0.25, 0.3) is 60.5 Å². The van der Waals surface area contributed by atoms with Gasteiger partial charge in [-0.05, 0) is 80.2 Å². The Bertz CT molecular complexity index is 1740. The lowest BCUT2D eigenvalue weighted by atomic mass is 10.0. The number of allylic oxidation sites excluding steroid dienone is 1. The van der Waals surface area contributed by atoms with Crippen molar-refractivity contribution in [2.75, 3.05) is 14.1 Å². The van der Waals surface area contributed by atoms with E-state index >= 15 is 0 Å². The fourth-order valence-electron chi connectivity index (χ4n) is 4.57. The number of aromatic amines is 2. The molecule has 0 fully saturated rings. The van der Waals surface area contributed by atoms with E-state index in [-0.39, 0.29) is 0 Å². The van der Waals surface area contributed by atoms with Crippen LogP contribution in [0.1, 0.15) is 17.4 Å². The monoisotopic (exact) mass is 490 g/mol.